The lowest BCUT2D eigenvalue weighted by Crippen LogP contribution is -2.08. The minimum Gasteiger partial charge on any atom is -0.491 e. The SMILES string of the molecule is CC(C)Oc1ccc2c(=O)c(-c3cc(F)ccc3F)coc2c1. The monoisotopic (exact) mass is 316 g/mol. The predicted molar refractivity (Wildman–Crippen MR) is 83.6 cm³/mol. The zero-order valence-electron chi connectivity index (χ0n) is 12.6. The van der Waals surface area contributed by atoms with Gasteiger partial charge in [0.1, 0.15) is 29.2 Å². The molecule has 1 aromatic heterocycles. The van der Waals surface area contributed by atoms with Crippen LogP contribution in [0, 0.1) is 11.6 Å². The number of rotatable bonds is 3. The second-order valence-electron chi connectivity index (χ2n) is 5.43. The molecule has 0 atom stereocenters. The Morgan fingerprint density at radius 2 is 1.83 bits per heavy atom. The molecular weight excluding hydrogens is 302 g/mol. The fourth-order valence-corrected chi connectivity index (χ4v) is 2.34. The molecule has 0 aliphatic rings. The number of hydrogen-bond acceptors (Lipinski definition) is 3. The van der Waals surface area contributed by atoms with Gasteiger partial charge in [-0.2, -0.15) is 0 Å². The summed E-state index contributed by atoms with van der Waals surface area (Å²) in [5, 5.41) is 0.280. The molecule has 0 unspecified atom stereocenters. The molecule has 1 heterocycles. The second-order valence-corrected chi connectivity index (χ2v) is 5.43. The van der Waals surface area contributed by atoms with E-state index < -0.39 is 17.1 Å². The van der Waals surface area contributed by atoms with Crippen molar-refractivity contribution in [3.05, 3.63) is 64.5 Å². The van der Waals surface area contributed by atoms with Gasteiger partial charge >= 0.3 is 0 Å². The molecule has 0 spiro atoms. The molecule has 118 valence electrons. The Kier molecular flexibility index (Phi) is 3.86. The van der Waals surface area contributed by atoms with Gasteiger partial charge in [-0.25, -0.2) is 8.78 Å². The summed E-state index contributed by atoms with van der Waals surface area (Å²) in [6, 6.07) is 7.75. The molecule has 3 nitrogen and oxygen atoms in total. The molecule has 0 saturated heterocycles. The maximum atomic E-state index is 13.9. The standard InChI is InChI=1S/C18H14F2O3/c1-10(2)23-12-4-5-13-17(8-12)22-9-15(18(13)21)14-7-11(19)3-6-16(14)20/h3-10H,1-2H3. The van der Waals surface area contributed by atoms with E-state index in [1.54, 1.807) is 18.2 Å². The third-order valence-corrected chi connectivity index (χ3v) is 3.34. The van der Waals surface area contributed by atoms with E-state index in [-0.39, 0.29) is 22.6 Å². The van der Waals surface area contributed by atoms with Crippen molar-refractivity contribution >= 4 is 11.0 Å². The zero-order valence-corrected chi connectivity index (χ0v) is 12.6. The van der Waals surface area contributed by atoms with E-state index in [4.69, 9.17) is 9.15 Å². The molecular formula is C18H14F2O3. The lowest BCUT2D eigenvalue weighted by atomic mass is 10.0. The van der Waals surface area contributed by atoms with E-state index in [0.717, 1.165) is 24.5 Å². The van der Waals surface area contributed by atoms with Crippen molar-refractivity contribution in [1.29, 1.82) is 0 Å². The van der Waals surface area contributed by atoms with E-state index in [9.17, 15) is 13.6 Å². The summed E-state index contributed by atoms with van der Waals surface area (Å²) in [6.07, 6.45) is 1.13. The van der Waals surface area contributed by atoms with Crippen LogP contribution in [0.25, 0.3) is 22.1 Å². The second kappa shape index (κ2) is 5.83. The molecule has 3 rings (SSSR count). The molecule has 5 heteroatoms. The molecule has 3 aromatic rings. The van der Waals surface area contributed by atoms with Gasteiger partial charge in [0.2, 0.25) is 5.43 Å². The maximum absolute atomic E-state index is 13.9. The van der Waals surface area contributed by atoms with Crippen LogP contribution in [0.5, 0.6) is 5.75 Å². The molecule has 0 amide bonds. The van der Waals surface area contributed by atoms with Crippen molar-refractivity contribution in [3.63, 3.8) is 0 Å². The highest BCUT2D eigenvalue weighted by Gasteiger charge is 2.14. The molecule has 0 radical (unpaired) electrons. The highest BCUT2D eigenvalue weighted by molar-refractivity contribution is 5.82. The fraction of sp³-hybridized carbons (Fsp3) is 0.167. The van der Waals surface area contributed by atoms with Crippen molar-refractivity contribution in [3.8, 4) is 16.9 Å². The normalized spacial score (nSPS) is 11.2. The van der Waals surface area contributed by atoms with Crippen LogP contribution in [0.15, 0.2) is 51.9 Å². The summed E-state index contributed by atoms with van der Waals surface area (Å²) in [4.78, 5) is 12.5. The van der Waals surface area contributed by atoms with Crippen LogP contribution in [0.1, 0.15) is 13.8 Å². The number of fused-ring (bicyclic) bond motifs is 1. The summed E-state index contributed by atoms with van der Waals surface area (Å²) in [5.41, 5.74) is -0.240. The third-order valence-electron chi connectivity index (χ3n) is 3.34. The first kappa shape index (κ1) is 15.2. The van der Waals surface area contributed by atoms with Crippen molar-refractivity contribution in [1.82, 2.24) is 0 Å². The summed E-state index contributed by atoms with van der Waals surface area (Å²) < 4.78 is 38.2. The largest absolute Gasteiger partial charge is 0.491 e. The lowest BCUT2D eigenvalue weighted by Gasteiger charge is -2.10. The van der Waals surface area contributed by atoms with Gasteiger partial charge in [0, 0.05) is 11.6 Å². The Morgan fingerprint density at radius 3 is 2.57 bits per heavy atom. The van der Waals surface area contributed by atoms with Crippen LogP contribution in [-0.2, 0) is 0 Å². The molecule has 0 saturated carbocycles. The predicted octanol–water partition coefficient (Wildman–Crippen LogP) is 4.53. The first-order valence-corrected chi connectivity index (χ1v) is 7.13. The molecule has 2 aromatic carbocycles. The Bertz CT molecular complexity index is 929. The van der Waals surface area contributed by atoms with Gasteiger partial charge in [0.05, 0.1) is 17.1 Å². The molecule has 0 bridgehead atoms. The Hall–Kier alpha value is -2.69. The van der Waals surface area contributed by atoms with Crippen molar-refractivity contribution in [2.45, 2.75) is 20.0 Å². The van der Waals surface area contributed by atoms with Crippen molar-refractivity contribution in [2.24, 2.45) is 0 Å². The minimum atomic E-state index is -0.683. The molecule has 0 N–H and O–H groups in total. The number of ether oxygens (including phenoxy) is 1. The van der Waals surface area contributed by atoms with Gasteiger partial charge in [-0.05, 0) is 44.2 Å². The molecule has 0 aliphatic carbocycles. The lowest BCUT2D eigenvalue weighted by molar-refractivity contribution is 0.242. The maximum Gasteiger partial charge on any atom is 0.200 e. The molecule has 0 fully saturated rings. The van der Waals surface area contributed by atoms with Crippen LogP contribution in [0.3, 0.4) is 0 Å². The average Bonchev–Trinajstić information content (AvgIpc) is 2.50. The fourth-order valence-electron chi connectivity index (χ4n) is 2.34. The first-order valence-electron chi connectivity index (χ1n) is 7.13. The van der Waals surface area contributed by atoms with Crippen LogP contribution in [0.2, 0.25) is 0 Å². The van der Waals surface area contributed by atoms with Gasteiger partial charge in [-0.15, -0.1) is 0 Å². The zero-order chi connectivity index (χ0) is 16.6. The van der Waals surface area contributed by atoms with Gasteiger partial charge in [-0.3, -0.25) is 4.79 Å². The van der Waals surface area contributed by atoms with E-state index in [2.05, 4.69) is 0 Å². The Morgan fingerprint density at radius 1 is 1.04 bits per heavy atom. The smallest absolute Gasteiger partial charge is 0.200 e. The number of halogens is 2. The van der Waals surface area contributed by atoms with E-state index >= 15 is 0 Å². The topological polar surface area (TPSA) is 39.4 Å². The summed E-state index contributed by atoms with van der Waals surface area (Å²) in [7, 11) is 0. The van der Waals surface area contributed by atoms with Crippen molar-refractivity contribution in [2.75, 3.05) is 0 Å². The highest BCUT2D eigenvalue weighted by atomic mass is 19.1. The number of benzene rings is 2. The first-order chi connectivity index (χ1) is 11.0. The van der Waals surface area contributed by atoms with Crippen molar-refractivity contribution < 1.29 is 17.9 Å². The Balaban J connectivity index is 2.16. The number of hydrogen-bond donors (Lipinski definition) is 0. The van der Waals surface area contributed by atoms with Crippen LogP contribution < -0.4 is 10.2 Å². The van der Waals surface area contributed by atoms with E-state index in [0.29, 0.717) is 11.3 Å². The Labute approximate surface area is 131 Å². The quantitative estimate of drug-likeness (QED) is 0.713. The van der Waals surface area contributed by atoms with Gasteiger partial charge in [-0.1, -0.05) is 0 Å². The van der Waals surface area contributed by atoms with Crippen LogP contribution in [0.4, 0.5) is 8.78 Å². The summed E-state index contributed by atoms with van der Waals surface area (Å²) in [6.45, 7) is 3.77. The minimum absolute atomic E-state index is 0.0140. The summed E-state index contributed by atoms with van der Waals surface area (Å²) >= 11 is 0. The molecule has 23 heavy (non-hydrogen) atoms. The van der Waals surface area contributed by atoms with Crippen LogP contribution >= 0.6 is 0 Å². The van der Waals surface area contributed by atoms with Gasteiger partial charge in [0.25, 0.3) is 0 Å². The van der Waals surface area contributed by atoms with Crippen LogP contribution in [-0.4, -0.2) is 6.10 Å². The molecule has 0 aliphatic heterocycles. The average molecular weight is 316 g/mol. The van der Waals surface area contributed by atoms with Gasteiger partial charge in [0.15, 0.2) is 0 Å². The summed E-state index contributed by atoms with van der Waals surface area (Å²) in [5.74, 6) is -0.736. The van der Waals surface area contributed by atoms with E-state index in [1.807, 2.05) is 13.8 Å². The third kappa shape index (κ3) is 2.95. The van der Waals surface area contributed by atoms with Gasteiger partial charge < -0.3 is 9.15 Å². The van der Waals surface area contributed by atoms with E-state index in [1.165, 1.54) is 0 Å². The highest BCUT2D eigenvalue weighted by Crippen LogP contribution is 2.25.